The number of fused-ring (bicyclic) bond motifs is 1. The van der Waals surface area contributed by atoms with E-state index in [4.69, 9.17) is 9.47 Å². The second-order valence-electron chi connectivity index (χ2n) is 4.93. The molecule has 0 amide bonds. The van der Waals surface area contributed by atoms with E-state index in [1.807, 2.05) is 0 Å². The Kier molecular flexibility index (Phi) is 3.64. The molecular formula is C14H13N5O3S. The van der Waals surface area contributed by atoms with Crippen LogP contribution in [0, 0.1) is 0 Å². The number of hydrogen-bond donors (Lipinski definition) is 1. The van der Waals surface area contributed by atoms with Gasteiger partial charge in [-0.1, -0.05) is 11.3 Å². The van der Waals surface area contributed by atoms with Crippen LogP contribution in [-0.4, -0.2) is 46.2 Å². The van der Waals surface area contributed by atoms with Crippen molar-refractivity contribution in [3.05, 3.63) is 35.0 Å². The number of aromatic amines is 1. The number of H-pyrrole nitrogens is 1. The third-order valence-corrected chi connectivity index (χ3v) is 4.40. The third kappa shape index (κ3) is 2.88. The first-order valence-electron chi connectivity index (χ1n) is 7.10. The molecule has 0 radical (unpaired) electrons. The van der Waals surface area contributed by atoms with Gasteiger partial charge in [-0.25, -0.2) is 4.98 Å². The minimum absolute atomic E-state index is 0.110. The SMILES string of the molecule is O=c1[nH]c(Oc2ncc(N3CCOCC3)s2)nc2cnccc12. The van der Waals surface area contributed by atoms with Crippen LogP contribution in [0.1, 0.15) is 0 Å². The second-order valence-corrected chi connectivity index (χ2v) is 5.90. The number of aromatic nitrogens is 4. The summed E-state index contributed by atoms with van der Waals surface area (Å²) >= 11 is 1.40. The van der Waals surface area contributed by atoms with E-state index in [2.05, 4.69) is 24.8 Å². The standard InChI is InChI=1S/C14H13N5O3S/c20-12-9-1-2-15-7-10(9)17-13(18-12)22-14-16-8-11(23-14)19-3-5-21-6-4-19/h1-2,7-8H,3-6H2,(H,17,18,20). The van der Waals surface area contributed by atoms with Gasteiger partial charge in [0.2, 0.25) is 0 Å². The summed E-state index contributed by atoms with van der Waals surface area (Å²) < 4.78 is 10.9. The van der Waals surface area contributed by atoms with Crippen LogP contribution in [-0.2, 0) is 4.74 Å². The molecule has 0 aliphatic carbocycles. The summed E-state index contributed by atoms with van der Waals surface area (Å²) in [6.45, 7) is 3.08. The van der Waals surface area contributed by atoms with Crippen molar-refractivity contribution in [2.45, 2.75) is 0 Å². The Morgan fingerprint density at radius 1 is 1.30 bits per heavy atom. The van der Waals surface area contributed by atoms with E-state index in [1.54, 1.807) is 18.5 Å². The number of nitrogens with zero attached hydrogens (tertiary/aromatic N) is 4. The van der Waals surface area contributed by atoms with Gasteiger partial charge in [0, 0.05) is 19.3 Å². The van der Waals surface area contributed by atoms with E-state index in [9.17, 15) is 4.79 Å². The fourth-order valence-electron chi connectivity index (χ4n) is 2.33. The Morgan fingerprint density at radius 3 is 3.04 bits per heavy atom. The van der Waals surface area contributed by atoms with E-state index in [-0.39, 0.29) is 11.6 Å². The molecule has 3 aromatic rings. The lowest BCUT2D eigenvalue weighted by atomic mass is 10.3. The van der Waals surface area contributed by atoms with E-state index >= 15 is 0 Å². The quantitative estimate of drug-likeness (QED) is 0.775. The zero-order valence-corrected chi connectivity index (χ0v) is 12.9. The fourth-order valence-corrected chi connectivity index (χ4v) is 3.15. The van der Waals surface area contributed by atoms with Crippen LogP contribution >= 0.6 is 11.3 Å². The molecule has 9 heteroatoms. The van der Waals surface area contributed by atoms with Crippen molar-refractivity contribution in [2.75, 3.05) is 31.2 Å². The van der Waals surface area contributed by atoms with Crippen LogP contribution in [0.15, 0.2) is 29.5 Å². The Bertz CT molecular complexity index is 887. The summed E-state index contributed by atoms with van der Waals surface area (Å²) in [5, 5.41) is 1.91. The lowest BCUT2D eigenvalue weighted by Crippen LogP contribution is -2.35. The maximum Gasteiger partial charge on any atom is 0.304 e. The molecule has 3 aromatic heterocycles. The van der Waals surface area contributed by atoms with E-state index in [0.29, 0.717) is 29.3 Å². The maximum absolute atomic E-state index is 12.0. The smallest absolute Gasteiger partial charge is 0.304 e. The predicted octanol–water partition coefficient (Wildman–Crippen LogP) is 1.40. The molecule has 0 atom stereocenters. The zero-order valence-electron chi connectivity index (χ0n) is 12.1. The first kappa shape index (κ1) is 14.1. The van der Waals surface area contributed by atoms with Gasteiger partial charge in [0.1, 0.15) is 5.00 Å². The Balaban J connectivity index is 1.58. The number of nitrogens with one attached hydrogen (secondary N) is 1. The molecule has 8 nitrogen and oxygen atoms in total. The number of rotatable bonds is 3. The average Bonchev–Trinajstić information content (AvgIpc) is 3.04. The molecule has 1 aliphatic heterocycles. The van der Waals surface area contributed by atoms with Gasteiger partial charge < -0.3 is 14.4 Å². The molecule has 4 rings (SSSR count). The van der Waals surface area contributed by atoms with E-state index in [0.717, 1.165) is 18.1 Å². The van der Waals surface area contributed by atoms with Gasteiger partial charge in [0.25, 0.3) is 10.8 Å². The second kappa shape index (κ2) is 5.94. The first-order valence-corrected chi connectivity index (χ1v) is 7.92. The average molecular weight is 331 g/mol. The molecule has 1 fully saturated rings. The van der Waals surface area contributed by atoms with Crippen molar-refractivity contribution in [2.24, 2.45) is 0 Å². The van der Waals surface area contributed by atoms with Crippen molar-refractivity contribution in [1.82, 2.24) is 19.9 Å². The van der Waals surface area contributed by atoms with E-state index < -0.39 is 0 Å². The number of ether oxygens (including phenoxy) is 2. The molecule has 118 valence electrons. The van der Waals surface area contributed by atoms with Crippen LogP contribution in [0.2, 0.25) is 0 Å². The lowest BCUT2D eigenvalue weighted by molar-refractivity contribution is 0.123. The first-order chi connectivity index (χ1) is 11.3. The van der Waals surface area contributed by atoms with Gasteiger partial charge in [0.05, 0.1) is 36.5 Å². The summed E-state index contributed by atoms with van der Waals surface area (Å²) in [6.07, 6.45) is 4.83. The highest BCUT2D eigenvalue weighted by Crippen LogP contribution is 2.31. The van der Waals surface area contributed by atoms with Crippen molar-refractivity contribution >= 4 is 27.2 Å². The normalized spacial score (nSPS) is 15.0. The van der Waals surface area contributed by atoms with Crippen molar-refractivity contribution < 1.29 is 9.47 Å². The van der Waals surface area contributed by atoms with Crippen LogP contribution in [0.5, 0.6) is 11.2 Å². The highest BCUT2D eigenvalue weighted by Gasteiger charge is 2.15. The summed E-state index contributed by atoms with van der Waals surface area (Å²) in [5.74, 6) is 0. The molecule has 0 aromatic carbocycles. The highest BCUT2D eigenvalue weighted by atomic mass is 32.1. The van der Waals surface area contributed by atoms with Crippen molar-refractivity contribution in [1.29, 1.82) is 0 Å². The highest BCUT2D eigenvalue weighted by molar-refractivity contribution is 7.17. The van der Waals surface area contributed by atoms with Crippen molar-refractivity contribution in [3.8, 4) is 11.2 Å². The maximum atomic E-state index is 12.0. The minimum atomic E-state index is -0.266. The number of morpholine rings is 1. The molecule has 1 N–H and O–H groups in total. The van der Waals surface area contributed by atoms with Gasteiger partial charge >= 0.3 is 6.01 Å². The van der Waals surface area contributed by atoms with Crippen LogP contribution in [0.4, 0.5) is 5.00 Å². The largest absolute Gasteiger partial charge is 0.397 e. The Labute approximate surface area is 134 Å². The van der Waals surface area contributed by atoms with Crippen LogP contribution in [0.25, 0.3) is 10.9 Å². The molecule has 4 heterocycles. The molecular weight excluding hydrogens is 318 g/mol. The van der Waals surface area contributed by atoms with Crippen LogP contribution < -0.4 is 15.2 Å². The summed E-state index contributed by atoms with van der Waals surface area (Å²) in [7, 11) is 0. The molecule has 0 bridgehead atoms. The topological polar surface area (TPSA) is 93.2 Å². The van der Waals surface area contributed by atoms with E-state index in [1.165, 1.54) is 17.5 Å². The number of anilines is 1. The van der Waals surface area contributed by atoms with Crippen LogP contribution in [0.3, 0.4) is 0 Å². The third-order valence-electron chi connectivity index (χ3n) is 3.47. The number of thiazole rings is 1. The number of pyridine rings is 1. The predicted molar refractivity (Wildman–Crippen MR) is 85.4 cm³/mol. The van der Waals surface area contributed by atoms with Gasteiger partial charge in [-0.15, -0.1) is 0 Å². The molecule has 1 aliphatic rings. The Hall–Kier alpha value is -2.52. The van der Waals surface area contributed by atoms with Gasteiger partial charge in [-0.3, -0.25) is 14.8 Å². The minimum Gasteiger partial charge on any atom is -0.397 e. The number of hydrogen-bond acceptors (Lipinski definition) is 8. The van der Waals surface area contributed by atoms with Gasteiger partial charge in [-0.05, 0) is 6.07 Å². The summed E-state index contributed by atoms with van der Waals surface area (Å²) in [4.78, 5) is 29.2. The zero-order chi connectivity index (χ0) is 15.6. The summed E-state index contributed by atoms with van der Waals surface area (Å²) in [5.41, 5.74) is 0.216. The van der Waals surface area contributed by atoms with Crippen molar-refractivity contribution in [3.63, 3.8) is 0 Å². The summed E-state index contributed by atoms with van der Waals surface area (Å²) in [6, 6.07) is 1.73. The molecule has 0 unspecified atom stereocenters. The van der Waals surface area contributed by atoms with Gasteiger partial charge in [0.15, 0.2) is 0 Å². The molecule has 0 saturated carbocycles. The molecule has 1 saturated heterocycles. The molecule has 23 heavy (non-hydrogen) atoms. The fraction of sp³-hybridized carbons (Fsp3) is 0.286. The lowest BCUT2D eigenvalue weighted by Gasteiger charge is -2.26. The monoisotopic (exact) mass is 331 g/mol. The Morgan fingerprint density at radius 2 is 2.17 bits per heavy atom. The van der Waals surface area contributed by atoms with Gasteiger partial charge in [-0.2, -0.15) is 4.98 Å². The molecule has 0 spiro atoms.